The number of nitrogens with zero attached hydrogens (tertiary/aromatic N) is 1. The molecule has 0 radical (unpaired) electrons. The molecule has 35 heavy (non-hydrogen) atoms. The minimum atomic E-state index is -0.855. The second-order valence-corrected chi connectivity index (χ2v) is 9.54. The van der Waals surface area contributed by atoms with Crippen LogP contribution < -0.4 is 19.5 Å². The molecule has 2 heterocycles. The van der Waals surface area contributed by atoms with Crippen molar-refractivity contribution in [3.05, 3.63) is 53.6 Å². The normalized spacial score (nSPS) is 19.2. The summed E-state index contributed by atoms with van der Waals surface area (Å²) in [6.45, 7) is 5.84. The Kier molecular flexibility index (Phi) is 8.88. The first-order chi connectivity index (χ1) is 17.1. The van der Waals surface area contributed by atoms with Gasteiger partial charge in [0.15, 0.2) is 11.5 Å². The first-order valence-electron chi connectivity index (χ1n) is 12.8. The number of methoxy groups -OCH3 is 1. The van der Waals surface area contributed by atoms with E-state index in [0.29, 0.717) is 55.6 Å². The number of likely N-dealkylation sites (tertiary alicyclic amines) is 1. The predicted molar refractivity (Wildman–Crippen MR) is 135 cm³/mol. The van der Waals surface area contributed by atoms with E-state index in [0.717, 1.165) is 24.4 Å². The zero-order valence-electron chi connectivity index (χ0n) is 20.9. The number of para-hydroxylation sites is 1. The summed E-state index contributed by atoms with van der Waals surface area (Å²) in [6, 6.07) is 12.8. The number of hydrogen-bond donors (Lipinski definition) is 2. The molecule has 3 unspecified atom stereocenters. The van der Waals surface area contributed by atoms with Gasteiger partial charge in [0.1, 0.15) is 25.1 Å². The van der Waals surface area contributed by atoms with Gasteiger partial charge in [-0.25, -0.2) is 0 Å². The lowest BCUT2D eigenvalue weighted by Crippen LogP contribution is -2.47. The number of aliphatic hydroxyl groups is 1. The number of aryl methyl sites for hydroxylation is 1. The molecule has 190 valence electrons. The van der Waals surface area contributed by atoms with Gasteiger partial charge in [0, 0.05) is 19.5 Å². The molecular weight excluding hydrogens is 444 g/mol. The first kappa shape index (κ1) is 25.3. The highest BCUT2D eigenvalue weighted by molar-refractivity contribution is 5.76. The van der Waals surface area contributed by atoms with Crippen molar-refractivity contribution in [3.8, 4) is 17.2 Å². The number of fused-ring (bicyclic) bond motifs is 1. The molecule has 0 spiro atoms. The second kappa shape index (κ2) is 12.3. The molecule has 0 aromatic heterocycles. The fourth-order valence-corrected chi connectivity index (χ4v) is 5.14. The molecule has 2 N–H and O–H groups in total. The number of aliphatic hydroxyl groups excluding tert-OH is 1. The van der Waals surface area contributed by atoms with E-state index >= 15 is 0 Å². The summed E-state index contributed by atoms with van der Waals surface area (Å²) >= 11 is 0. The van der Waals surface area contributed by atoms with Crippen LogP contribution in [0.25, 0.3) is 0 Å². The Hall–Kier alpha value is -2.77. The summed E-state index contributed by atoms with van der Waals surface area (Å²) in [5.41, 5.74) is 1.71. The van der Waals surface area contributed by atoms with Gasteiger partial charge in [-0.1, -0.05) is 37.6 Å². The van der Waals surface area contributed by atoms with E-state index in [2.05, 4.69) is 17.1 Å². The van der Waals surface area contributed by atoms with Gasteiger partial charge in [0.25, 0.3) is 0 Å². The standard InChI is InChI=1S/C28H38N2O5/c1-3-6-20-13-14-30(18-20)19-23(28(32)22-9-11-25-26(17-22)35-16-15-34-25)29-27(31)12-10-21-7-4-5-8-24(21)33-2/h4-5,7-9,11,17,20,23,28,32H,3,6,10,12-16,18-19H2,1-2H3,(H,29,31). The van der Waals surface area contributed by atoms with Crippen molar-refractivity contribution in [3.63, 3.8) is 0 Å². The Labute approximate surface area is 208 Å². The number of carbonyl (C=O) groups excluding carboxylic acids is 1. The molecule has 3 atom stereocenters. The third-order valence-electron chi connectivity index (χ3n) is 6.97. The van der Waals surface area contributed by atoms with Gasteiger partial charge < -0.3 is 29.5 Å². The molecule has 2 aromatic rings. The number of ether oxygens (including phenoxy) is 3. The first-order valence-corrected chi connectivity index (χ1v) is 12.8. The number of benzene rings is 2. The van der Waals surface area contributed by atoms with Crippen molar-refractivity contribution in [1.82, 2.24) is 10.2 Å². The molecule has 7 heteroatoms. The molecule has 2 aliphatic rings. The van der Waals surface area contributed by atoms with E-state index in [-0.39, 0.29) is 5.91 Å². The van der Waals surface area contributed by atoms with Gasteiger partial charge in [0.2, 0.25) is 5.91 Å². The average Bonchev–Trinajstić information content (AvgIpc) is 3.33. The third-order valence-corrected chi connectivity index (χ3v) is 6.97. The largest absolute Gasteiger partial charge is 0.496 e. The highest BCUT2D eigenvalue weighted by Gasteiger charge is 2.30. The molecule has 2 aliphatic heterocycles. The van der Waals surface area contributed by atoms with Crippen molar-refractivity contribution in [2.45, 2.75) is 51.2 Å². The molecule has 1 fully saturated rings. The van der Waals surface area contributed by atoms with Gasteiger partial charge in [-0.05, 0) is 61.1 Å². The number of hydrogen-bond acceptors (Lipinski definition) is 6. The Morgan fingerprint density at radius 1 is 1.20 bits per heavy atom. The number of amides is 1. The van der Waals surface area contributed by atoms with Crippen molar-refractivity contribution in [2.75, 3.05) is 40.0 Å². The summed E-state index contributed by atoms with van der Waals surface area (Å²) in [4.78, 5) is 15.4. The van der Waals surface area contributed by atoms with Crippen LogP contribution in [0.4, 0.5) is 0 Å². The van der Waals surface area contributed by atoms with Gasteiger partial charge in [0.05, 0.1) is 13.2 Å². The van der Waals surface area contributed by atoms with E-state index in [1.807, 2.05) is 42.5 Å². The maximum atomic E-state index is 13.0. The van der Waals surface area contributed by atoms with Crippen LogP contribution in [0.15, 0.2) is 42.5 Å². The fourth-order valence-electron chi connectivity index (χ4n) is 5.14. The Bertz CT molecular complexity index is 982. The minimum absolute atomic E-state index is 0.0817. The molecule has 0 aliphatic carbocycles. The molecule has 1 saturated heterocycles. The van der Waals surface area contributed by atoms with Crippen LogP contribution in [0.2, 0.25) is 0 Å². The van der Waals surface area contributed by atoms with E-state index in [9.17, 15) is 9.90 Å². The SMILES string of the molecule is CCCC1CCN(CC(NC(=O)CCc2ccccc2OC)C(O)c2ccc3c(c2)OCCO3)C1. The van der Waals surface area contributed by atoms with Crippen LogP contribution in [-0.2, 0) is 11.2 Å². The van der Waals surface area contributed by atoms with Gasteiger partial charge >= 0.3 is 0 Å². The maximum Gasteiger partial charge on any atom is 0.220 e. The maximum absolute atomic E-state index is 13.0. The van der Waals surface area contributed by atoms with E-state index in [1.54, 1.807) is 7.11 Å². The van der Waals surface area contributed by atoms with E-state index in [1.165, 1.54) is 19.3 Å². The van der Waals surface area contributed by atoms with Crippen molar-refractivity contribution < 1.29 is 24.1 Å². The number of nitrogens with one attached hydrogen (secondary N) is 1. The molecule has 1 amide bonds. The number of carbonyl (C=O) groups is 1. The Balaban J connectivity index is 1.45. The summed E-state index contributed by atoms with van der Waals surface area (Å²) in [5.74, 6) is 2.71. The van der Waals surface area contributed by atoms with Crippen LogP contribution in [0.3, 0.4) is 0 Å². The molecule has 0 bridgehead atoms. The Morgan fingerprint density at radius 3 is 2.80 bits per heavy atom. The quantitative estimate of drug-likeness (QED) is 0.508. The van der Waals surface area contributed by atoms with Crippen molar-refractivity contribution in [2.24, 2.45) is 5.92 Å². The predicted octanol–water partition coefficient (Wildman–Crippen LogP) is 3.74. The highest BCUT2D eigenvalue weighted by Crippen LogP contribution is 2.34. The van der Waals surface area contributed by atoms with Crippen LogP contribution in [0.1, 0.15) is 49.8 Å². The van der Waals surface area contributed by atoms with E-state index in [4.69, 9.17) is 14.2 Å². The lowest BCUT2D eigenvalue weighted by atomic mass is 10.00. The Morgan fingerprint density at radius 2 is 2.00 bits per heavy atom. The van der Waals surface area contributed by atoms with Crippen LogP contribution >= 0.6 is 0 Å². The van der Waals surface area contributed by atoms with E-state index < -0.39 is 12.1 Å². The smallest absolute Gasteiger partial charge is 0.220 e. The molecule has 2 aromatic carbocycles. The zero-order valence-corrected chi connectivity index (χ0v) is 20.9. The zero-order chi connectivity index (χ0) is 24.6. The summed E-state index contributed by atoms with van der Waals surface area (Å²) in [5, 5.41) is 14.5. The van der Waals surface area contributed by atoms with Gasteiger partial charge in [-0.3, -0.25) is 4.79 Å². The molecule has 7 nitrogen and oxygen atoms in total. The van der Waals surface area contributed by atoms with Crippen LogP contribution in [-0.4, -0.2) is 61.9 Å². The third kappa shape index (κ3) is 6.67. The summed E-state index contributed by atoms with van der Waals surface area (Å²) < 4.78 is 16.8. The second-order valence-electron chi connectivity index (χ2n) is 9.54. The molecule has 4 rings (SSSR count). The average molecular weight is 483 g/mol. The lowest BCUT2D eigenvalue weighted by Gasteiger charge is -2.30. The summed E-state index contributed by atoms with van der Waals surface area (Å²) in [6.07, 6.45) is 3.61. The van der Waals surface area contributed by atoms with Gasteiger partial charge in [-0.15, -0.1) is 0 Å². The fraction of sp³-hybridized carbons (Fsp3) is 0.536. The number of rotatable bonds is 11. The lowest BCUT2D eigenvalue weighted by molar-refractivity contribution is -0.122. The van der Waals surface area contributed by atoms with Crippen molar-refractivity contribution >= 4 is 5.91 Å². The molecular formula is C28H38N2O5. The van der Waals surface area contributed by atoms with Gasteiger partial charge in [-0.2, -0.15) is 0 Å². The minimum Gasteiger partial charge on any atom is -0.496 e. The van der Waals surface area contributed by atoms with Crippen LogP contribution in [0, 0.1) is 5.92 Å². The van der Waals surface area contributed by atoms with Crippen molar-refractivity contribution in [1.29, 1.82) is 0 Å². The van der Waals surface area contributed by atoms with Crippen LogP contribution in [0.5, 0.6) is 17.2 Å². The topological polar surface area (TPSA) is 80.3 Å². The molecule has 0 saturated carbocycles. The highest BCUT2D eigenvalue weighted by atomic mass is 16.6. The summed E-state index contributed by atoms with van der Waals surface area (Å²) in [7, 11) is 1.64. The monoisotopic (exact) mass is 482 g/mol.